The standard InChI is InChI=1S/C13H16ClIN2O.ClH/c14-11-4-3-10(6-12(11)15)13(18)17-8-9-2-1-5-16-7-9;/h3-4,6,9,16H,1-2,5,7-8H2,(H,17,18);1H. The van der Waals surface area contributed by atoms with Crippen molar-refractivity contribution in [3.63, 3.8) is 0 Å². The van der Waals surface area contributed by atoms with Gasteiger partial charge in [0.05, 0.1) is 5.02 Å². The number of carbonyl (C=O) groups is 1. The van der Waals surface area contributed by atoms with Crippen LogP contribution in [0.2, 0.25) is 5.02 Å². The highest BCUT2D eigenvalue weighted by molar-refractivity contribution is 14.1. The predicted molar refractivity (Wildman–Crippen MR) is 89.3 cm³/mol. The third kappa shape index (κ3) is 5.10. The van der Waals surface area contributed by atoms with Crippen molar-refractivity contribution >= 4 is 52.5 Å². The van der Waals surface area contributed by atoms with Crippen LogP contribution < -0.4 is 10.6 Å². The van der Waals surface area contributed by atoms with E-state index in [0.29, 0.717) is 16.5 Å². The molecule has 1 saturated heterocycles. The van der Waals surface area contributed by atoms with Crippen LogP contribution in [0.1, 0.15) is 23.2 Å². The molecule has 1 atom stereocenters. The summed E-state index contributed by atoms with van der Waals surface area (Å²) in [5.41, 5.74) is 0.674. The van der Waals surface area contributed by atoms with Gasteiger partial charge in [-0.15, -0.1) is 12.4 Å². The summed E-state index contributed by atoms with van der Waals surface area (Å²) >= 11 is 8.07. The third-order valence-electron chi connectivity index (χ3n) is 3.13. The zero-order valence-electron chi connectivity index (χ0n) is 10.4. The monoisotopic (exact) mass is 414 g/mol. The van der Waals surface area contributed by atoms with Crippen molar-refractivity contribution in [1.82, 2.24) is 10.6 Å². The van der Waals surface area contributed by atoms with Gasteiger partial charge in [0.25, 0.3) is 5.91 Å². The molecule has 1 heterocycles. The summed E-state index contributed by atoms with van der Waals surface area (Å²) in [5, 5.41) is 7.02. The second-order valence-corrected chi connectivity index (χ2v) is 6.12. The zero-order valence-corrected chi connectivity index (χ0v) is 14.1. The number of nitrogens with one attached hydrogen (secondary N) is 2. The number of rotatable bonds is 3. The molecule has 2 rings (SSSR count). The number of hydrogen-bond acceptors (Lipinski definition) is 2. The Morgan fingerprint density at radius 3 is 2.95 bits per heavy atom. The minimum atomic E-state index is -0.0184. The fourth-order valence-corrected chi connectivity index (χ4v) is 2.71. The number of halogens is 3. The van der Waals surface area contributed by atoms with E-state index in [1.54, 1.807) is 12.1 Å². The van der Waals surface area contributed by atoms with Gasteiger partial charge in [0.1, 0.15) is 0 Å². The van der Waals surface area contributed by atoms with E-state index >= 15 is 0 Å². The highest BCUT2D eigenvalue weighted by Crippen LogP contribution is 2.19. The first-order chi connectivity index (χ1) is 8.66. The van der Waals surface area contributed by atoms with Gasteiger partial charge in [-0.2, -0.15) is 0 Å². The molecule has 1 amide bonds. The quantitative estimate of drug-likeness (QED) is 0.746. The van der Waals surface area contributed by atoms with Crippen LogP contribution in [-0.4, -0.2) is 25.5 Å². The van der Waals surface area contributed by atoms with Crippen molar-refractivity contribution in [2.75, 3.05) is 19.6 Å². The molecule has 2 N–H and O–H groups in total. The molecule has 0 radical (unpaired) electrons. The summed E-state index contributed by atoms with van der Waals surface area (Å²) < 4.78 is 0.904. The SMILES string of the molecule is Cl.O=C(NCC1CCCNC1)c1ccc(Cl)c(I)c1. The van der Waals surface area contributed by atoms with E-state index < -0.39 is 0 Å². The van der Waals surface area contributed by atoms with Gasteiger partial charge in [-0.05, 0) is 72.6 Å². The Balaban J connectivity index is 0.00000180. The van der Waals surface area contributed by atoms with E-state index in [0.717, 1.165) is 23.2 Å². The van der Waals surface area contributed by atoms with Gasteiger partial charge in [0.2, 0.25) is 0 Å². The summed E-state index contributed by atoms with van der Waals surface area (Å²) in [6, 6.07) is 5.34. The minimum Gasteiger partial charge on any atom is -0.352 e. The molecule has 1 aliphatic heterocycles. The smallest absolute Gasteiger partial charge is 0.251 e. The summed E-state index contributed by atoms with van der Waals surface area (Å²) in [5.74, 6) is 0.532. The second kappa shape index (κ2) is 8.29. The molecule has 0 aromatic heterocycles. The highest BCUT2D eigenvalue weighted by Gasteiger charge is 2.14. The van der Waals surface area contributed by atoms with Crippen LogP contribution in [0.25, 0.3) is 0 Å². The number of amides is 1. The van der Waals surface area contributed by atoms with Crippen molar-refractivity contribution in [2.24, 2.45) is 5.92 Å². The Bertz CT molecular complexity index is 437. The van der Waals surface area contributed by atoms with Crippen molar-refractivity contribution in [3.05, 3.63) is 32.4 Å². The lowest BCUT2D eigenvalue weighted by Gasteiger charge is -2.22. The van der Waals surface area contributed by atoms with Gasteiger partial charge in [0.15, 0.2) is 0 Å². The first-order valence-electron chi connectivity index (χ1n) is 6.11. The lowest BCUT2D eigenvalue weighted by molar-refractivity contribution is 0.0945. The highest BCUT2D eigenvalue weighted by atomic mass is 127. The summed E-state index contributed by atoms with van der Waals surface area (Å²) in [7, 11) is 0. The van der Waals surface area contributed by atoms with Gasteiger partial charge in [-0.1, -0.05) is 11.6 Å². The van der Waals surface area contributed by atoms with Gasteiger partial charge < -0.3 is 10.6 Å². The lowest BCUT2D eigenvalue weighted by atomic mass is 10.00. The fourth-order valence-electron chi connectivity index (χ4n) is 2.07. The molecule has 19 heavy (non-hydrogen) atoms. The number of carbonyl (C=O) groups excluding carboxylic acids is 1. The molecular formula is C13H17Cl2IN2O. The van der Waals surface area contributed by atoms with E-state index in [1.165, 1.54) is 12.8 Å². The number of piperidine rings is 1. The van der Waals surface area contributed by atoms with Crippen molar-refractivity contribution in [2.45, 2.75) is 12.8 Å². The van der Waals surface area contributed by atoms with Gasteiger partial charge in [-0.3, -0.25) is 4.79 Å². The Hall–Kier alpha value is -0.0400. The normalized spacial score (nSPS) is 18.5. The summed E-state index contributed by atoms with van der Waals surface area (Å²) in [6.45, 7) is 2.84. The van der Waals surface area contributed by atoms with E-state index in [1.807, 2.05) is 6.07 Å². The molecule has 0 aliphatic carbocycles. The van der Waals surface area contributed by atoms with Crippen LogP contribution in [0, 0.1) is 9.49 Å². The van der Waals surface area contributed by atoms with Gasteiger partial charge >= 0.3 is 0 Å². The molecule has 3 nitrogen and oxygen atoms in total. The van der Waals surface area contributed by atoms with Crippen LogP contribution in [0.15, 0.2) is 18.2 Å². The first-order valence-corrected chi connectivity index (χ1v) is 7.56. The van der Waals surface area contributed by atoms with E-state index in [2.05, 4.69) is 33.2 Å². The van der Waals surface area contributed by atoms with Crippen LogP contribution in [0.4, 0.5) is 0 Å². The molecule has 106 valence electrons. The molecule has 1 unspecified atom stereocenters. The number of hydrogen-bond donors (Lipinski definition) is 2. The fraction of sp³-hybridized carbons (Fsp3) is 0.462. The van der Waals surface area contributed by atoms with Crippen molar-refractivity contribution in [3.8, 4) is 0 Å². The van der Waals surface area contributed by atoms with Crippen LogP contribution in [-0.2, 0) is 0 Å². The van der Waals surface area contributed by atoms with Crippen LogP contribution >= 0.6 is 46.6 Å². The maximum Gasteiger partial charge on any atom is 0.251 e. The van der Waals surface area contributed by atoms with Gasteiger partial charge in [0, 0.05) is 15.7 Å². The average molecular weight is 415 g/mol. The maximum atomic E-state index is 12.0. The zero-order chi connectivity index (χ0) is 13.0. The Labute approximate surface area is 138 Å². The van der Waals surface area contributed by atoms with Crippen LogP contribution in [0.3, 0.4) is 0 Å². The van der Waals surface area contributed by atoms with Gasteiger partial charge in [-0.25, -0.2) is 0 Å². The van der Waals surface area contributed by atoms with Crippen LogP contribution in [0.5, 0.6) is 0 Å². The first kappa shape index (κ1) is 17.0. The minimum absolute atomic E-state index is 0. The topological polar surface area (TPSA) is 41.1 Å². The second-order valence-electron chi connectivity index (χ2n) is 4.55. The third-order valence-corrected chi connectivity index (χ3v) is 4.67. The molecule has 0 spiro atoms. The number of benzene rings is 1. The Kier molecular flexibility index (Phi) is 7.42. The lowest BCUT2D eigenvalue weighted by Crippen LogP contribution is -2.38. The van der Waals surface area contributed by atoms with E-state index in [4.69, 9.17) is 11.6 Å². The average Bonchev–Trinajstić information content (AvgIpc) is 2.40. The largest absolute Gasteiger partial charge is 0.352 e. The molecule has 1 fully saturated rings. The molecule has 1 aromatic carbocycles. The summed E-state index contributed by atoms with van der Waals surface area (Å²) in [6.07, 6.45) is 2.38. The molecule has 0 bridgehead atoms. The summed E-state index contributed by atoms with van der Waals surface area (Å²) in [4.78, 5) is 12.0. The Morgan fingerprint density at radius 2 is 2.32 bits per heavy atom. The molecule has 6 heteroatoms. The maximum absolute atomic E-state index is 12.0. The van der Waals surface area contributed by atoms with Crippen molar-refractivity contribution in [1.29, 1.82) is 0 Å². The van der Waals surface area contributed by atoms with E-state index in [-0.39, 0.29) is 18.3 Å². The molecule has 0 saturated carbocycles. The molecule has 1 aromatic rings. The van der Waals surface area contributed by atoms with E-state index in [9.17, 15) is 4.79 Å². The molecular weight excluding hydrogens is 398 g/mol. The van der Waals surface area contributed by atoms with Crippen molar-refractivity contribution < 1.29 is 4.79 Å². The predicted octanol–water partition coefficient (Wildman–Crippen LogP) is 3.10. The Morgan fingerprint density at radius 1 is 1.53 bits per heavy atom. The molecule has 1 aliphatic rings.